The number of benzene rings is 1. The second kappa shape index (κ2) is 8.24. The topological polar surface area (TPSA) is 12.0 Å². The maximum atomic E-state index is 6.06. The smallest absolute Gasteiger partial charge is 0.0542 e. The Kier molecular flexibility index (Phi) is 7.30. The van der Waals surface area contributed by atoms with E-state index in [1.807, 2.05) is 18.2 Å². The zero-order valence-corrected chi connectivity index (χ0v) is 11.8. The molecule has 0 aliphatic heterocycles. The first kappa shape index (κ1) is 14.2. The van der Waals surface area contributed by atoms with Gasteiger partial charge in [0.1, 0.15) is 0 Å². The lowest BCUT2D eigenvalue weighted by molar-refractivity contribution is 0.664. The van der Waals surface area contributed by atoms with Gasteiger partial charge in [0.15, 0.2) is 0 Å². The molecule has 0 spiro atoms. The fraction of sp³-hybridized carbons (Fsp3) is 0.500. The summed E-state index contributed by atoms with van der Waals surface area (Å²) in [7, 11) is 0. The van der Waals surface area contributed by atoms with Crippen molar-refractivity contribution in [3.63, 3.8) is 0 Å². The summed E-state index contributed by atoms with van der Waals surface area (Å²) in [5.74, 6) is 1.07. The second-order valence-electron chi connectivity index (χ2n) is 3.53. The molecule has 0 atom stereocenters. The summed E-state index contributed by atoms with van der Waals surface area (Å²) in [6.07, 6.45) is 2.33. The molecule has 1 aromatic carbocycles. The summed E-state index contributed by atoms with van der Waals surface area (Å²) >= 11 is 13.7. The van der Waals surface area contributed by atoms with Gasteiger partial charge in [-0.2, -0.15) is 0 Å². The minimum atomic E-state index is 0.746. The Morgan fingerprint density at radius 3 is 2.81 bits per heavy atom. The Hall–Kier alpha value is 0.110. The molecule has 0 amide bonds. The van der Waals surface area contributed by atoms with Crippen LogP contribution in [-0.4, -0.2) is 18.8 Å². The number of hydrogen-bond acceptors (Lipinski definition) is 2. The Bertz CT molecular complexity index is 318. The molecule has 0 aliphatic carbocycles. The molecule has 0 saturated heterocycles. The van der Waals surface area contributed by atoms with Gasteiger partial charge >= 0.3 is 0 Å². The molecule has 0 saturated carbocycles. The SMILES string of the molecule is CCCNCCCSc1cc(Cl)ccc1Cl. The third kappa shape index (κ3) is 5.44. The van der Waals surface area contributed by atoms with Gasteiger partial charge in [0, 0.05) is 9.92 Å². The Morgan fingerprint density at radius 2 is 2.06 bits per heavy atom. The molecule has 0 heterocycles. The Labute approximate surface area is 112 Å². The van der Waals surface area contributed by atoms with Crippen molar-refractivity contribution in [3.8, 4) is 0 Å². The average Bonchev–Trinajstić information content (AvgIpc) is 2.28. The third-order valence-electron chi connectivity index (χ3n) is 2.08. The molecule has 0 aromatic heterocycles. The van der Waals surface area contributed by atoms with Crippen molar-refractivity contribution < 1.29 is 0 Å². The van der Waals surface area contributed by atoms with Crippen LogP contribution in [-0.2, 0) is 0 Å². The van der Waals surface area contributed by atoms with Gasteiger partial charge < -0.3 is 5.32 Å². The van der Waals surface area contributed by atoms with Gasteiger partial charge in [-0.05, 0) is 49.9 Å². The lowest BCUT2D eigenvalue weighted by atomic mass is 10.4. The van der Waals surface area contributed by atoms with E-state index in [1.54, 1.807) is 11.8 Å². The van der Waals surface area contributed by atoms with Gasteiger partial charge in [-0.25, -0.2) is 0 Å². The van der Waals surface area contributed by atoms with E-state index in [4.69, 9.17) is 23.2 Å². The third-order valence-corrected chi connectivity index (χ3v) is 3.89. The van der Waals surface area contributed by atoms with Gasteiger partial charge in [0.25, 0.3) is 0 Å². The Morgan fingerprint density at radius 1 is 1.25 bits per heavy atom. The summed E-state index contributed by atoms with van der Waals surface area (Å²) in [6.45, 7) is 4.34. The number of thioether (sulfide) groups is 1. The zero-order valence-electron chi connectivity index (χ0n) is 9.43. The second-order valence-corrected chi connectivity index (χ2v) is 5.51. The standard InChI is InChI=1S/C12H17Cl2NS/c1-2-6-15-7-3-8-16-12-9-10(13)4-5-11(12)14/h4-5,9,15H,2-3,6-8H2,1H3. The van der Waals surface area contributed by atoms with E-state index in [0.29, 0.717) is 0 Å². The maximum absolute atomic E-state index is 6.06. The van der Waals surface area contributed by atoms with Crippen LogP contribution in [0.25, 0.3) is 0 Å². The number of nitrogens with one attached hydrogen (secondary N) is 1. The molecule has 90 valence electrons. The van der Waals surface area contributed by atoms with Crippen molar-refractivity contribution in [1.29, 1.82) is 0 Å². The lowest BCUT2D eigenvalue weighted by Crippen LogP contribution is -2.16. The van der Waals surface area contributed by atoms with Crippen LogP contribution in [0.15, 0.2) is 23.1 Å². The van der Waals surface area contributed by atoms with Crippen LogP contribution >= 0.6 is 35.0 Å². The van der Waals surface area contributed by atoms with Gasteiger partial charge in [-0.3, -0.25) is 0 Å². The number of halogens is 2. The van der Waals surface area contributed by atoms with Crippen molar-refractivity contribution in [2.24, 2.45) is 0 Å². The van der Waals surface area contributed by atoms with Crippen molar-refractivity contribution in [2.75, 3.05) is 18.8 Å². The van der Waals surface area contributed by atoms with E-state index in [0.717, 1.165) is 40.2 Å². The maximum Gasteiger partial charge on any atom is 0.0542 e. The first-order valence-electron chi connectivity index (χ1n) is 5.52. The quantitative estimate of drug-likeness (QED) is 0.583. The fourth-order valence-electron chi connectivity index (χ4n) is 1.27. The highest BCUT2D eigenvalue weighted by Crippen LogP contribution is 2.29. The molecule has 1 nitrogen and oxygen atoms in total. The van der Waals surface area contributed by atoms with E-state index in [1.165, 1.54) is 6.42 Å². The van der Waals surface area contributed by atoms with Crippen molar-refractivity contribution in [2.45, 2.75) is 24.7 Å². The minimum absolute atomic E-state index is 0.746. The average molecular weight is 278 g/mol. The Balaban J connectivity index is 2.23. The zero-order chi connectivity index (χ0) is 11.8. The highest BCUT2D eigenvalue weighted by atomic mass is 35.5. The monoisotopic (exact) mass is 277 g/mol. The summed E-state index contributed by atoms with van der Waals surface area (Å²) in [6, 6.07) is 5.59. The molecular formula is C12H17Cl2NS. The van der Waals surface area contributed by atoms with E-state index >= 15 is 0 Å². The van der Waals surface area contributed by atoms with Gasteiger partial charge in [-0.1, -0.05) is 30.1 Å². The van der Waals surface area contributed by atoms with Crippen molar-refractivity contribution in [1.82, 2.24) is 5.32 Å². The normalized spacial score (nSPS) is 10.7. The highest BCUT2D eigenvalue weighted by molar-refractivity contribution is 7.99. The van der Waals surface area contributed by atoms with E-state index < -0.39 is 0 Å². The van der Waals surface area contributed by atoms with Gasteiger partial charge in [0.05, 0.1) is 5.02 Å². The predicted octanol–water partition coefficient (Wildman–Crippen LogP) is 4.48. The summed E-state index contributed by atoms with van der Waals surface area (Å²) in [5.41, 5.74) is 0. The van der Waals surface area contributed by atoms with Crippen LogP contribution in [0.4, 0.5) is 0 Å². The molecule has 0 fully saturated rings. The predicted molar refractivity (Wildman–Crippen MR) is 75.0 cm³/mol. The van der Waals surface area contributed by atoms with Crippen LogP contribution in [0.3, 0.4) is 0 Å². The van der Waals surface area contributed by atoms with Gasteiger partial charge in [0.2, 0.25) is 0 Å². The van der Waals surface area contributed by atoms with E-state index in [2.05, 4.69) is 12.2 Å². The summed E-state index contributed by atoms with van der Waals surface area (Å²) in [4.78, 5) is 1.07. The van der Waals surface area contributed by atoms with Gasteiger partial charge in [-0.15, -0.1) is 11.8 Å². The highest BCUT2D eigenvalue weighted by Gasteiger charge is 2.01. The van der Waals surface area contributed by atoms with Crippen molar-refractivity contribution >= 4 is 35.0 Å². The van der Waals surface area contributed by atoms with Crippen LogP contribution in [0.1, 0.15) is 19.8 Å². The van der Waals surface area contributed by atoms with E-state index in [-0.39, 0.29) is 0 Å². The van der Waals surface area contributed by atoms with Crippen molar-refractivity contribution in [3.05, 3.63) is 28.2 Å². The minimum Gasteiger partial charge on any atom is -0.317 e. The van der Waals surface area contributed by atoms with Crippen LogP contribution < -0.4 is 5.32 Å². The number of hydrogen-bond donors (Lipinski definition) is 1. The largest absolute Gasteiger partial charge is 0.317 e. The van der Waals surface area contributed by atoms with E-state index in [9.17, 15) is 0 Å². The molecular weight excluding hydrogens is 261 g/mol. The summed E-state index contributed by atoms with van der Waals surface area (Å²) < 4.78 is 0. The first-order valence-corrected chi connectivity index (χ1v) is 7.26. The summed E-state index contributed by atoms with van der Waals surface area (Å²) in [5, 5.41) is 4.91. The first-order chi connectivity index (χ1) is 7.74. The van der Waals surface area contributed by atoms with Crippen LogP contribution in [0.2, 0.25) is 10.0 Å². The van der Waals surface area contributed by atoms with Crippen LogP contribution in [0, 0.1) is 0 Å². The van der Waals surface area contributed by atoms with Crippen LogP contribution in [0.5, 0.6) is 0 Å². The molecule has 0 aliphatic rings. The lowest BCUT2D eigenvalue weighted by Gasteiger charge is -2.05. The molecule has 4 heteroatoms. The molecule has 1 N–H and O–H groups in total. The number of rotatable bonds is 7. The molecule has 1 aromatic rings. The molecule has 0 unspecified atom stereocenters. The molecule has 1 rings (SSSR count). The fourth-order valence-corrected chi connectivity index (χ4v) is 2.71. The molecule has 0 bridgehead atoms. The molecule has 16 heavy (non-hydrogen) atoms. The molecule has 0 radical (unpaired) electrons.